The van der Waals surface area contributed by atoms with Gasteiger partial charge in [-0.1, -0.05) is 30.7 Å². The van der Waals surface area contributed by atoms with Crippen molar-refractivity contribution in [3.05, 3.63) is 54.1 Å². The average Bonchev–Trinajstić information content (AvgIpc) is 2.99. The molecule has 23 heavy (non-hydrogen) atoms. The average molecular weight is 307 g/mol. The van der Waals surface area contributed by atoms with Crippen LogP contribution in [0.1, 0.15) is 24.8 Å². The van der Waals surface area contributed by atoms with Crippen molar-refractivity contribution in [1.29, 1.82) is 0 Å². The molecule has 1 saturated carbocycles. The number of hydrogen-bond acceptors (Lipinski definition) is 3. The summed E-state index contributed by atoms with van der Waals surface area (Å²) in [5.74, 6) is 0.318. The zero-order chi connectivity index (χ0) is 15.8. The van der Waals surface area contributed by atoms with E-state index < -0.39 is 0 Å². The van der Waals surface area contributed by atoms with E-state index in [1.54, 1.807) is 0 Å². The molecule has 4 rings (SSSR count). The summed E-state index contributed by atoms with van der Waals surface area (Å²) in [4.78, 5) is 15.1. The number of nitrogen functional groups attached to an aromatic ring is 1. The summed E-state index contributed by atoms with van der Waals surface area (Å²) in [7, 11) is 0. The van der Waals surface area contributed by atoms with Crippen molar-refractivity contribution in [3.8, 4) is 0 Å². The number of para-hydroxylation sites is 2. The molecule has 2 aromatic carbocycles. The molecule has 1 heterocycles. The van der Waals surface area contributed by atoms with Crippen molar-refractivity contribution < 1.29 is 4.79 Å². The second-order valence-corrected chi connectivity index (χ2v) is 6.47. The van der Waals surface area contributed by atoms with Crippen LogP contribution in [0.5, 0.6) is 0 Å². The molecular formula is C19H21N3O. The molecule has 0 aromatic heterocycles. The van der Waals surface area contributed by atoms with Gasteiger partial charge in [0.1, 0.15) is 0 Å². The first-order valence-electron chi connectivity index (χ1n) is 8.24. The molecular weight excluding hydrogens is 286 g/mol. The first kappa shape index (κ1) is 14.1. The highest BCUT2D eigenvalue weighted by Crippen LogP contribution is 2.39. The molecule has 2 aromatic rings. The molecule has 3 N–H and O–H groups in total. The lowest BCUT2D eigenvalue weighted by atomic mass is 10.0. The van der Waals surface area contributed by atoms with Crippen LogP contribution >= 0.6 is 0 Å². The molecule has 2 aliphatic rings. The molecule has 0 unspecified atom stereocenters. The molecule has 0 saturated heterocycles. The zero-order valence-electron chi connectivity index (χ0n) is 13.0. The summed E-state index contributed by atoms with van der Waals surface area (Å²) in [6.45, 7) is 0.584. The Morgan fingerprint density at radius 3 is 2.70 bits per heavy atom. The topological polar surface area (TPSA) is 58.4 Å². The molecule has 0 bridgehead atoms. The Balaban J connectivity index is 1.73. The fourth-order valence-electron chi connectivity index (χ4n) is 3.75. The minimum Gasteiger partial charge on any atom is -0.399 e. The highest BCUT2D eigenvalue weighted by molar-refractivity contribution is 6.00. The van der Waals surface area contributed by atoms with E-state index in [0.717, 1.165) is 41.9 Å². The second-order valence-electron chi connectivity index (χ2n) is 6.47. The maximum Gasteiger partial charge on any atom is 0.232 e. The van der Waals surface area contributed by atoms with E-state index in [9.17, 15) is 4.79 Å². The van der Waals surface area contributed by atoms with Gasteiger partial charge in [0.25, 0.3) is 0 Å². The molecule has 1 amide bonds. The predicted octanol–water partition coefficient (Wildman–Crippen LogP) is 3.40. The van der Waals surface area contributed by atoms with E-state index >= 15 is 0 Å². The summed E-state index contributed by atoms with van der Waals surface area (Å²) in [6.07, 6.45) is 3.16. The normalized spacial score (nSPS) is 23.0. The molecule has 0 radical (unpaired) electrons. The van der Waals surface area contributed by atoms with Gasteiger partial charge in [-0.05, 0) is 42.7 Å². The van der Waals surface area contributed by atoms with Gasteiger partial charge in [0.15, 0.2) is 0 Å². The number of benzene rings is 2. The summed E-state index contributed by atoms with van der Waals surface area (Å²) in [5.41, 5.74) is 9.65. The number of nitrogens with one attached hydrogen (secondary N) is 1. The first-order chi connectivity index (χ1) is 11.2. The van der Waals surface area contributed by atoms with Crippen LogP contribution in [0.25, 0.3) is 0 Å². The Morgan fingerprint density at radius 1 is 1.09 bits per heavy atom. The summed E-state index contributed by atoms with van der Waals surface area (Å²) in [6, 6.07) is 16.1. The lowest BCUT2D eigenvalue weighted by molar-refractivity contribution is -0.122. The van der Waals surface area contributed by atoms with Gasteiger partial charge in [-0.3, -0.25) is 4.79 Å². The smallest absolute Gasteiger partial charge is 0.232 e. The van der Waals surface area contributed by atoms with Crippen LogP contribution in [0.15, 0.2) is 48.5 Å². The number of fused-ring (bicyclic) bond motifs is 2. The van der Waals surface area contributed by atoms with E-state index in [2.05, 4.69) is 11.4 Å². The standard InChI is InChI=1S/C19H21N3O/c20-14-10-8-13(9-11-14)12-22-18-7-2-1-5-17(18)21-16-6-3-4-15(16)19(22)23/h1-2,5,7-11,15-16,21H,3-4,6,12,20H2/t15-,16+/m0/s1. The third-order valence-electron chi connectivity index (χ3n) is 4.96. The second kappa shape index (κ2) is 5.61. The third kappa shape index (κ3) is 2.54. The van der Waals surface area contributed by atoms with Crippen molar-refractivity contribution in [2.45, 2.75) is 31.8 Å². The number of carbonyl (C=O) groups is 1. The van der Waals surface area contributed by atoms with Gasteiger partial charge < -0.3 is 16.0 Å². The summed E-state index contributed by atoms with van der Waals surface area (Å²) < 4.78 is 0. The van der Waals surface area contributed by atoms with Gasteiger partial charge >= 0.3 is 0 Å². The minimum atomic E-state index is 0.0798. The number of rotatable bonds is 2. The van der Waals surface area contributed by atoms with Crippen LogP contribution in [0.4, 0.5) is 17.1 Å². The number of nitrogens with zero attached hydrogens (tertiary/aromatic N) is 1. The van der Waals surface area contributed by atoms with Crippen molar-refractivity contribution in [2.24, 2.45) is 5.92 Å². The Labute approximate surface area is 136 Å². The fourth-order valence-corrected chi connectivity index (χ4v) is 3.75. The molecule has 1 aliphatic carbocycles. The van der Waals surface area contributed by atoms with Crippen LogP contribution in [-0.4, -0.2) is 11.9 Å². The van der Waals surface area contributed by atoms with Crippen LogP contribution in [0.2, 0.25) is 0 Å². The Hall–Kier alpha value is -2.49. The monoisotopic (exact) mass is 307 g/mol. The van der Waals surface area contributed by atoms with E-state index in [1.807, 2.05) is 47.4 Å². The highest BCUT2D eigenvalue weighted by Gasteiger charge is 2.39. The number of hydrogen-bond donors (Lipinski definition) is 2. The van der Waals surface area contributed by atoms with E-state index in [4.69, 9.17) is 5.73 Å². The predicted molar refractivity (Wildman–Crippen MR) is 93.2 cm³/mol. The number of carbonyl (C=O) groups excluding carboxylic acids is 1. The molecule has 1 aliphatic heterocycles. The van der Waals surface area contributed by atoms with E-state index in [1.165, 1.54) is 0 Å². The quantitative estimate of drug-likeness (QED) is 0.836. The van der Waals surface area contributed by atoms with Crippen LogP contribution in [0, 0.1) is 5.92 Å². The SMILES string of the molecule is Nc1ccc(CN2C(=O)[C@H]3CCC[C@H]3Nc3ccccc32)cc1. The van der Waals surface area contributed by atoms with Gasteiger partial charge in [0.2, 0.25) is 5.91 Å². The molecule has 1 fully saturated rings. The first-order valence-corrected chi connectivity index (χ1v) is 8.24. The highest BCUT2D eigenvalue weighted by atomic mass is 16.2. The van der Waals surface area contributed by atoms with Crippen LogP contribution in [-0.2, 0) is 11.3 Å². The van der Waals surface area contributed by atoms with Gasteiger partial charge in [-0.25, -0.2) is 0 Å². The number of nitrogens with two attached hydrogens (primary N) is 1. The molecule has 118 valence electrons. The Kier molecular flexibility index (Phi) is 3.45. The third-order valence-corrected chi connectivity index (χ3v) is 4.96. The van der Waals surface area contributed by atoms with Crippen LogP contribution < -0.4 is 16.0 Å². The molecule has 0 spiro atoms. The van der Waals surface area contributed by atoms with Crippen molar-refractivity contribution in [1.82, 2.24) is 0 Å². The maximum absolute atomic E-state index is 13.1. The van der Waals surface area contributed by atoms with Crippen LogP contribution in [0.3, 0.4) is 0 Å². The largest absolute Gasteiger partial charge is 0.399 e. The van der Waals surface area contributed by atoms with Gasteiger partial charge in [-0.2, -0.15) is 0 Å². The lowest BCUT2D eigenvalue weighted by Gasteiger charge is -2.25. The molecule has 4 nitrogen and oxygen atoms in total. The zero-order valence-corrected chi connectivity index (χ0v) is 13.0. The van der Waals surface area contributed by atoms with E-state index in [0.29, 0.717) is 6.54 Å². The van der Waals surface area contributed by atoms with E-state index in [-0.39, 0.29) is 17.9 Å². The summed E-state index contributed by atoms with van der Waals surface area (Å²) in [5, 5.41) is 3.59. The number of amides is 1. The summed E-state index contributed by atoms with van der Waals surface area (Å²) >= 11 is 0. The van der Waals surface area contributed by atoms with Gasteiger partial charge in [-0.15, -0.1) is 0 Å². The van der Waals surface area contributed by atoms with Crippen molar-refractivity contribution in [2.75, 3.05) is 16.0 Å². The maximum atomic E-state index is 13.1. The molecule has 4 heteroatoms. The Morgan fingerprint density at radius 2 is 1.87 bits per heavy atom. The van der Waals surface area contributed by atoms with Crippen molar-refractivity contribution in [3.63, 3.8) is 0 Å². The molecule has 2 atom stereocenters. The van der Waals surface area contributed by atoms with Gasteiger partial charge in [0.05, 0.1) is 23.8 Å². The van der Waals surface area contributed by atoms with Gasteiger partial charge in [0, 0.05) is 11.7 Å². The fraction of sp³-hybridized carbons (Fsp3) is 0.316. The lowest BCUT2D eigenvalue weighted by Crippen LogP contribution is -2.38. The number of anilines is 3. The van der Waals surface area contributed by atoms with Crippen molar-refractivity contribution >= 4 is 23.0 Å². The Bertz CT molecular complexity index is 726. The minimum absolute atomic E-state index is 0.0798.